The fourth-order valence-electron chi connectivity index (χ4n) is 1.39. The van der Waals surface area contributed by atoms with Gasteiger partial charge in [-0.1, -0.05) is 0 Å². The molecule has 0 N–H and O–H groups in total. The van der Waals surface area contributed by atoms with Gasteiger partial charge < -0.3 is 13.8 Å². The Hall–Kier alpha value is -1.16. The van der Waals surface area contributed by atoms with Gasteiger partial charge in [-0.05, 0) is 38.1 Å². The van der Waals surface area contributed by atoms with E-state index >= 15 is 0 Å². The van der Waals surface area contributed by atoms with Crippen LogP contribution in [0, 0.1) is 0 Å². The summed E-state index contributed by atoms with van der Waals surface area (Å²) in [5.41, 5.74) is 0. The van der Waals surface area contributed by atoms with Crippen LogP contribution in [-0.2, 0) is 18.4 Å². The topological polar surface area (TPSA) is 61.8 Å². The third kappa shape index (κ3) is 3.95. The average Bonchev–Trinajstić information content (AvgIpc) is 2.29. The zero-order valence-corrected chi connectivity index (χ0v) is 11.6. The van der Waals surface area contributed by atoms with Gasteiger partial charge in [0.1, 0.15) is 5.75 Å². The molecule has 0 bridgehead atoms. The molecule has 0 saturated carbocycles. The largest absolute Gasteiger partial charge is 0.427 e. The first-order valence-electron chi connectivity index (χ1n) is 5.70. The van der Waals surface area contributed by atoms with Gasteiger partial charge in [-0.2, -0.15) is 0 Å². The molecule has 100 valence electrons. The van der Waals surface area contributed by atoms with Crippen molar-refractivity contribution in [3.05, 3.63) is 24.3 Å². The molecule has 0 aromatic heterocycles. The molecule has 0 radical (unpaired) electrons. The van der Waals surface area contributed by atoms with Crippen molar-refractivity contribution >= 4 is 18.9 Å². The predicted octanol–water partition coefficient (Wildman–Crippen LogP) is 2.50. The normalized spacial score (nSPS) is 11.3. The summed E-state index contributed by atoms with van der Waals surface area (Å²) in [4.78, 5) is 10.8. The minimum atomic E-state index is -3.27. The maximum absolute atomic E-state index is 12.4. The molecule has 0 heterocycles. The van der Waals surface area contributed by atoms with Crippen LogP contribution in [0.5, 0.6) is 5.75 Å². The smallest absolute Gasteiger partial charge is 0.361 e. The summed E-state index contributed by atoms with van der Waals surface area (Å²) in [6.45, 7) is 5.41. The molecule has 0 aliphatic rings. The highest BCUT2D eigenvalue weighted by Gasteiger charge is 2.26. The van der Waals surface area contributed by atoms with Gasteiger partial charge >= 0.3 is 13.6 Å². The maximum Gasteiger partial charge on any atom is 0.361 e. The van der Waals surface area contributed by atoms with Crippen molar-refractivity contribution in [1.82, 2.24) is 0 Å². The number of carbonyl (C=O) groups is 1. The summed E-state index contributed by atoms with van der Waals surface area (Å²) in [7, 11) is -3.27. The van der Waals surface area contributed by atoms with Gasteiger partial charge in [0.15, 0.2) is 0 Å². The first kappa shape index (κ1) is 14.9. The van der Waals surface area contributed by atoms with Crippen LogP contribution in [0.2, 0.25) is 0 Å². The average molecular weight is 272 g/mol. The van der Waals surface area contributed by atoms with Crippen molar-refractivity contribution in [2.45, 2.75) is 20.8 Å². The molecule has 0 saturated heterocycles. The summed E-state index contributed by atoms with van der Waals surface area (Å²) in [5, 5.41) is 0.446. The van der Waals surface area contributed by atoms with Gasteiger partial charge in [0, 0.05) is 6.92 Å². The molecule has 1 aromatic rings. The first-order chi connectivity index (χ1) is 8.51. The molecular weight excluding hydrogens is 255 g/mol. The van der Waals surface area contributed by atoms with Crippen molar-refractivity contribution in [2.24, 2.45) is 0 Å². The highest BCUT2D eigenvalue weighted by molar-refractivity contribution is 7.62. The van der Waals surface area contributed by atoms with Gasteiger partial charge in [-0.3, -0.25) is 9.36 Å². The van der Waals surface area contributed by atoms with Crippen molar-refractivity contribution < 1.29 is 23.1 Å². The van der Waals surface area contributed by atoms with Crippen LogP contribution in [0.25, 0.3) is 0 Å². The molecule has 1 aromatic carbocycles. The number of hydrogen-bond donors (Lipinski definition) is 0. The monoisotopic (exact) mass is 272 g/mol. The van der Waals surface area contributed by atoms with E-state index in [1.807, 2.05) is 0 Å². The molecule has 18 heavy (non-hydrogen) atoms. The molecule has 0 unspecified atom stereocenters. The minimum Gasteiger partial charge on any atom is -0.427 e. The minimum absolute atomic E-state index is 0.295. The van der Waals surface area contributed by atoms with E-state index < -0.39 is 13.6 Å². The molecule has 1 rings (SSSR count). The van der Waals surface area contributed by atoms with Crippen LogP contribution in [0.3, 0.4) is 0 Å². The summed E-state index contributed by atoms with van der Waals surface area (Å²) < 4.78 is 27.7. The Kier molecular flexibility index (Phi) is 5.54. The van der Waals surface area contributed by atoms with Crippen LogP contribution < -0.4 is 10.0 Å². The lowest BCUT2D eigenvalue weighted by Crippen LogP contribution is -2.11. The van der Waals surface area contributed by atoms with Crippen LogP contribution in [0.4, 0.5) is 0 Å². The van der Waals surface area contributed by atoms with Crippen molar-refractivity contribution in [2.75, 3.05) is 13.2 Å². The zero-order chi connectivity index (χ0) is 13.6. The fourth-order valence-corrected chi connectivity index (χ4v) is 2.96. The second-order valence-corrected chi connectivity index (χ2v) is 5.45. The SMILES string of the molecule is CCOP(=O)(OCC)c1ccc(OC(C)=O)cc1. The van der Waals surface area contributed by atoms with Gasteiger partial charge in [0.25, 0.3) is 0 Å². The summed E-state index contributed by atoms with van der Waals surface area (Å²) in [6, 6.07) is 6.26. The first-order valence-corrected chi connectivity index (χ1v) is 7.24. The number of rotatable bonds is 6. The van der Waals surface area contributed by atoms with Gasteiger partial charge in [-0.15, -0.1) is 0 Å². The molecule has 0 aliphatic carbocycles. The zero-order valence-electron chi connectivity index (χ0n) is 10.7. The molecule has 0 atom stereocenters. The molecule has 6 heteroatoms. The van der Waals surface area contributed by atoms with Crippen LogP contribution in [-0.4, -0.2) is 19.2 Å². The Morgan fingerprint density at radius 3 is 2.00 bits per heavy atom. The van der Waals surface area contributed by atoms with Crippen LogP contribution in [0.15, 0.2) is 24.3 Å². The second kappa shape index (κ2) is 6.69. The molecule has 0 fully saturated rings. The highest BCUT2D eigenvalue weighted by Crippen LogP contribution is 2.46. The van der Waals surface area contributed by atoms with E-state index in [0.29, 0.717) is 24.3 Å². The third-order valence-corrected chi connectivity index (χ3v) is 4.14. The van der Waals surface area contributed by atoms with E-state index in [9.17, 15) is 9.36 Å². The molecule has 0 aliphatic heterocycles. The Morgan fingerprint density at radius 2 is 1.61 bits per heavy atom. The van der Waals surface area contributed by atoms with E-state index in [2.05, 4.69) is 0 Å². The van der Waals surface area contributed by atoms with Gasteiger partial charge in [0.2, 0.25) is 0 Å². The molecule has 5 nitrogen and oxygen atoms in total. The van der Waals surface area contributed by atoms with E-state index in [0.717, 1.165) is 0 Å². The second-order valence-electron chi connectivity index (χ2n) is 3.42. The summed E-state index contributed by atoms with van der Waals surface area (Å²) >= 11 is 0. The summed E-state index contributed by atoms with van der Waals surface area (Å²) in [5.74, 6) is -0.00801. The quantitative estimate of drug-likeness (QED) is 0.452. The van der Waals surface area contributed by atoms with Gasteiger partial charge in [0.05, 0.1) is 18.5 Å². The lowest BCUT2D eigenvalue weighted by molar-refractivity contribution is -0.131. The Labute approximate surface area is 107 Å². The number of benzene rings is 1. The standard InChI is InChI=1S/C12H17O5P/c1-4-15-18(14,16-5-2)12-8-6-11(7-9-12)17-10(3)13/h6-9H,4-5H2,1-3H3. The van der Waals surface area contributed by atoms with Crippen molar-refractivity contribution in [3.63, 3.8) is 0 Å². The van der Waals surface area contributed by atoms with E-state index in [1.54, 1.807) is 38.1 Å². The Balaban J connectivity index is 2.93. The molecule has 0 spiro atoms. The number of hydrogen-bond acceptors (Lipinski definition) is 5. The summed E-state index contributed by atoms with van der Waals surface area (Å²) in [6.07, 6.45) is 0. The number of esters is 1. The van der Waals surface area contributed by atoms with Crippen LogP contribution in [0.1, 0.15) is 20.8 Å². The molecular formula is C12H17O5P. The molecule has 0 amide bonds. The Morgan fingerprint density at radius 1 is 1.11 bits per heavy atom. The predicted molar refractivity (Wildman–Crippen MR) is 68.2 cm³/mol. The lowest BCUT2D eigenvalue weighted by atomic mass is 10.3. The van der Waals surface area contributed by atoms with Gasteiger partial charge in [-0.25, -0.2) is 0 Å². The van der Waals surface area contributed by atoms with Crippen molar-refractivity contribution in [1.29, 1.82) is 0 Å². The maximum atomic E-state index is 12.4. The van der Waals surface area contributed by atoms with Crippen molar-refractivity contribution in [3.8, 4) is 5.75 Å². The number of carbonyl (C=O) groups excluding carboxylic acids is 1. The lowest BCUT2D eigenvalue weighted by Gasteiger charge is -2.17. The van der Waals surface area contributed by atoms with E-state index in [4.69, 9.17) is 13.8 Å². The fraction of sp³-hybridized carbons (Fsp3) is 0.417. The van der Waals surface area contributed by atoms with E-state index in [-0.39, 0.29) is 0 Å². The highest BCUT2D eigenvalue weighted by atomic mass is 31.2. The Bertz CT molecular complexity index is 430. The van der Waals surface area contributed by atoms with Crippen LogP contribution >= 0.6 is 7.60 Å². The van der Waals surface area contributed by atoms with E-state index in [1.165, 1.54) is 6.92 Å². The number of ether oxygens (including phenoxy) is 1. The third-order valence-electron chi connectivity index (χ3n) is 2.01.